The summed E-state index contributed by atoms with van der Waals surface area (Å²) in [6, 6.07) is 15.5. The van der Waals surface area contributed by atoms with Crippen LogP contribution in [0.5, 0.6) is 0 Å². The fraction of sp³-hybridized carbons (Fsp3) is 0.100. The fourth-order valence-electron chi connectivity index (χ4n) is 2.56. The first-order valence-corrected chi connectivity index (χ1v) is 13.8. The molecular formula is C20H24N8O12S2. The van der Waals surface area contributed by atoms with E-state index in [0.29, 0.717) is 11.5 Å². The minimum absolute atomic E-state index is 0.158. The highest BCUT2D eigenvalue weighted by Gasteiger charge is 2.17. The third-order valence-electron chi connectivity index (χ3n) is 4.20. The second-order valence-corrected chi connectivity index (χ2v) is 11.0. The number of rotatable bonds is 6. The van der Waals surface area contributed by atoms with E-state index in [1.54, 1.807) is 38.1 Å². The number of aromatic nitrogens is 2. The van der Waals surface area contributed by atoms with Crippen molar-refractivity contribution in [3.8, 4) is 0 Å². The van der Waals surface area contributed by atoms with Gasteiger partial charge in [-0.1, -0.05) is 10.3 Å². The van der Waals surface area contributed by atoms with Gasteiger partial charge in [0.25, 0.3) is 20.0 Å². The summed E-state index contributed by atoms with van der Waals surface area (Å²) in [5.41, 5.74) is 8.88. The molecule has 22 heteroatoms. The van der Waals surface area contributed by atoms with Crippen LogP contribution < -0.4 is 20.9 Å². The maximum absolute atomic E-state index is 11.9. The lowest BCUT2D eigenvalue weighted by Crippen LogP contribution is -2.40. The van der Waals surface area contributed by atoms with Crippen molar-refractivity contribution in [2.45, 2.75) is 23.6 Å². The smallest absolute Gasteiger partial charge is 0.263 e. The van der Waals surface area contributed by atoms with E-state index in [9.17, 15) is 16.8 Å². The number of nitrogens with one attached hydrogen (secondary N) is 2. The number of quaternary nitrogens is 2. The molecule has 20 nitrogen and oxygen atoms in total. The largest absolute Gasteiger partial charge is 0.360 e. The van der Waals surface area contributed by atoms with Crippen molar-refractivity contribution in [1.82, 2.24) is 10.3 Å². The molecule has 0 radical (unpaired) electrons. The molecule has 2 heterocycles. The molecule has 0 atom stereocenters. The average molecular weight is 633 g/mol. The first-order valence-electron chi connectivity index (χ1n) is 10.8. The van der Waals surface area contributed by atoms with Gasteiger partial charge >= 0.3 is 0 Å². The molecule has 8 N–H and O–H groups in total. The quantitative estimate of drug-likeness (QED) is 0.169. The van der Waals surface area contributed by atoms with Gasteiger partial charge in [-0.3, -0.25) is 9.44 Å². The molecule has 0 aliphatic heterocycles. The number of benzene rings is 2. The van der Waals surface area contributed by atoms with Crippen LogP contribution >= 0.6 is 0 Å². The minimum Gasteiger partial charge on any atom is -0.360 e. The molecule has 4 aromatic rings. The molecule has 0 saturated carbocycles. The highest BCUT2D eigenvalue weighted by atomic mass is 32.2. The summed E-state index contributed by atoms with van der Waals surface area (Å²) < 4.78 is 61.8. The molecule has 4 rings (SSSR count). The van der Waals surface area contributed by atoms with Gasteiger partial charge in [0, 0.05) is 36.4 Å². The number of aryl methyl sites for hydroxylation is 2. The Morgan fingerprint density at radius 2 is 0.905 bits per heavy atom. The molecule has 42 heavy (non-hydrogen) atoms. The normalized spacial score (nSPS) is 10.4. The number of hydrogen-bond acceptors (Lipinski definition) is 14. The summed E-state index contributed by atoms with van der Waals surface area (Å²) in [6.07, 6.45) is 0. The monoisotopic (exact) mass is 632 g/mol. The van der Waals surface area contributed by atoms with Crippen molar-refractivity contribution in [2.75, 3.05) is 9.44 Å². The van der Waals surface area contributed by atoms with Gasteiger partial charge in [-0.2, -0.15) is 0 Å². The summed E-state index contributed by atoms with van der Waals surface area (Å²) in [7, 11) is -7.23. The molecule has 0 bridgehead atoms. The van der Waals surface area contributed by atoms with Crippen LogP contribution in [0.25, 0.3) is 0 Å². The van der Waals surface area contributed by atoms with E-state index in [4.69, 9.17) is 39.7 Å². The van der Waals surface area contributed by atoms with Crippen LogP contribution in [-0.4, -0.2) is 37.3 Å². The molecular weight excluding hydrogens is 608 g/mol. The molecule has 0 fully saturated rings. The Kier molecular flexibility index (Phi) is 12.8. The molecule has 0 unspecified atom stereocenters. The zero-order chi connectivity index (χ0) is 32.1. The van der Waals surface area contributed by atoms with Crippen LogP contribution in [0.2, 0.25) is 0 Å². The van der Waals surface area contributed by atoms with Gasteiger partial charge in [0.1, 0.15) is 22.9 Å². The van der Waals surface area contributed by atoms with E-state index in [0.717, 1.165) is 11.4 Å². The Morgan fingerprint density at radius 3 is 1.12 bits per heavy atom. The van der Waals surface area contributed by atoms with Crippen molar-refractivity contribution >= 4 is 43.1 Å². The van der Waals surface area contributed by atoms with Crippen molar-refractivity contribution in [3.63, 3.8) is 0 Å². The van der Waals surface area contributed by atoms with Crippen LogP contribution in [0.4, 0.5) is 23.0 Å². The van der Waals surface area contributed by atoms with Crippen LogP contribution in [0.15, 0.2) is 79.5 Å². The van der Waals surface area contributed by atoms with E-state index in [1.165, 1.54) is 36.4 Å². The number of nitrogens with zero attached hydrogens (tertiary/aromatic N) is 4. The summed E-state index contributed by atoms with van der Waals surface area (Å²) in [5, 5.41) is 36.6. The maximum Gasteiger partial charge on any atom is 0.263 e. The van der Waals surface area contributed by atoms with E-state index >= 15 is 0 Å². The van der Waals surface area contributed by atoms with E-state index in [1.807, 2.05) is 0 Å². The Balaban J connectivity index is 0.000000336. The molecule has 2 aromatic heterocycles. The second kappa shape index (κ2) is 15.5. The minimum atomic E-state index is -3.62. The van der Waals surface area contributed by atoms with Crippen LogP contribution in [0, 0.1) is 44.5 Å². The van der Waals surface area contributed by atoms with Crippen molar-refractivity contribution in [2.24, 2.45) is 0 Å². The zero-order valence-electron chi connectivity index (χ0n) is 21.7. The van der Waals surface area contributed by atoms with Gasteiger partial charge in [0.05, 0.1) is 20.0 Å². The van der Waals surface area contributed by atoms with Crippen molar-refractivity contribution in [3.05, 3.63) is 103 Å². The Hall–Kier alpha value is -5.32. The lowest BCUT2D eigenvalue weighted by Gasteiger charge is -2.03. The average Bonchev–Trinajstić information content (AvgIpc) is 3.45. The Bertz CT molecular complexity index is 1540. The van der Waals surface area contributed by atoms with Gasteiger partial charge in [-0.15, -0.1) is 0 Å². The SMILES string of the molecule is Cc1cc(NS(=O)(=O)c2ccc([NH3+])cc2)no1.Cc1cc(NS(=O)(=O)c2ccc([NH3+])cc2)no1.O=[N+]([O-])[O-].O=[N+]([O-])[O-]. The molecule has 0 amide bonds. The standard InChI is InChI=1S/2C10H11N3O3S.2NO3/c2*1-7-6-10(12-16-7)13-17(14,15)9-4-2-8(11)3-5-9;2*2-1(3)4/h2*2-6H,11H2,1H3,(H,12,13);;/q;;2*-1/p+2. The summed E-state index contributed by atoms with van der Waals surface area (Å²) in [4.78, 5) is 16.8. The number of sulfonamides is 2. The van der Waals surface area contributed by atoms with Gasteiger partial charge in [-0.05, 0) is 38.1 Å². The van der Waals surface area contributed by atoms with E-state index in [-0.39, 0.29) is 21.4 Å². The lowest BCUT2D eigenvalue weighted by molar-refractivity contribution is -0.403. The summed E-state index contributed by atoms with van der Waals surface area (Å²) in [6.45, 7) is 3.37. The third-order valence-corrected chi connectivity index (χ3v) is 6.94. The van der Waals surface area contributed by atoms with Crippen LogP contribution in [-0.2, 0) is 20.0 Å². The van der Waals surface area contributed by atoms with Gasteiger partial charge in [0.2, 0.25) is 0 Å². The van der Waals surface area contributed by atoms with Crippen molar-refractivity contribution in [1.29, 1.82) is 0 Å². The first-order chi connectivity index (χ1) is 19.4. The molecule has 2 aromatic carbocycles. The molecule has 0 aliphatic rings. The fourth-order valence-corrected chi connectivity index (χ4v) is 4.53. The summed E-state index contributed by atoms with van der Waals surface area (Å²) in [5.74, 6) is 1.41. The van der Waals surface area contributed by atoms with Gasteiger partial charge in [-0.25, -0.2) is 16.8 Å². The third kappa shape index (κ3) is 13.2. The maximum atomic E-state index is 11.9. The molecule has 0 saturated heterocycles. The highest BCUT2D eigenvalue weighted by molar-refractivity contribution is 7.93. The van der Waals surface area contributed by atoms with Gasteiger partial charge < -0.3 is 51.2 Å². The topological polar surface area (TPSA) is 332 Å². The molecule has 0 aliphatic carbocycles. The predicted molar refractivity (Wildman–Crippen MR) is 143 cm³/mol. The van der Waals surface area contributed by atoms with Crippen molar-refractivity contribution < 1.29 is 47.5 Å². The highest BCUT2D eigenvalue weighted by Crippen LogP contribution is 2.17. The van der Waals surface area contributed by atoms with Crippen LogP contribution in [0.1, 0.15) is 11.5 Å². The Morgan fingerprint density at radius 1 is 0.643 bits per heavy atom. The molecule has 0 spiro atoms. The number of anilines is 2. The zero-order valence-corrected chi connectivity index (χ0v) is 23.3. The Labute approximate surface area is 236 Å². The first kappa shape index (κ1) is 34.7. The predicted octanol–water partition coefficient (Wildman–Crippen LogP) is 0.836. The lowest BCUT2D eigenvalue weighted by atomic mass is 10.3. The van der Waals surface area contributed by atoms with Crippen LogP contribution in [0.3, 0.4) is 0 Å². The van der Waals surface area contributed by atoms with E-state index in [2.05, 4.69) is 31.2 Å². The number of hydrogen-bond donors (Lipinski definition) is 4. The molecule has 228 valence electrons. The van der Waals surface area contributed by atoms with Gasteiger partial charge in [0.15, 0.2) is 11.6 Å². The summed E-state index contributed by atoms with van der Waals surface area (Å²) >= 11 is 0. The van der Waals surface area contributed by atoms with E-state index < -0.39 is 30.2 Å². The second-order valence-electron chi connectivity index (χ2n) is 7.59.